The summed E-state index contributed by atoms with van der Waals surface area (Å²) in [5, 5.41) is 8.55. The van der Waals surface area contributed by atoms with Crippen LogP contribution < -0.4 is 15.4 Å². The third-order valence-electron chi connectivity index (χ3n) is 4.14. The van der Waals surface area contributed by atoms with Crippen molar-refractivity contribution in [3.05, 3.63) is 52.2 Å². The summed E-state index contributed by atoms with van der Waals surface area (Å²) in [7, 11) is 0. The Balaban J connectivity index is 1.60. The van der Waals surface area contributed by atoms with Crippen LogP contribution in [0.3, 0.4) is 0 Å². The van der Waals surface area contributed by atoms with Crippen molar-refractivity contribution >= 4 is 17.2 Å². The average Bonchev–Trinajstić information content (AvgIpc) is 3.09. The first kappa shape index (κ1) is 16.0. The molecular weight excluding hydrogens is 308 g/mol. The molecule has 1 fully saturated rings. The molecule has 2 atom stereocenters. The standard InChI is InChI=1S/C18H22N2O2S/c1-13-17(8-3-9-19-13)20-18(21)14-5-2-6-15(11-14)22-12-16-7-4-10-23-16/h2,4-7,10-11,13,17,19H,3,8-9,12H2,1H3,(H,20,21). The van der Waals surface area contributed by atoms with E-state index in [2.05, 4.69) is 17.6 Å². The number of piperidine rings is 1. The minimum absolute atomic E-state index is 0.0351. The fourth-order valence-electron chi connectivity index (χ4n) is 2.77. The van der Waals surface area contributed by atoms with Gasteiger partial charge in [0.1, 0.15) is 12.4 Å². The van der Waals surface area contributed by atoms with E-state index in [1.807, 2.05) is 41.8 Å². The van der Waals surface area contributed by atoms with Crippen molar-refractivity contribution in [2.24, 2.45) is 0 Å². The molecule has 5 heteroatoms. The smallest absolute Gasteiger partial charge is 0.251 e. The zero-order valence-corrected chi connectivity index (χ0v) is 14.1. The van der Waals surface area contributed by atoms with E-state index in [0.29, 0.717) is 18.2 Å². The zero-order chi connectivity index (χ0) is 16.1. The summed E-state index contributed by atoms with van der Waals surface area (Å²) in [6.07, 6.45) is 2.12. The van der Waals surface area contributed by atoms with Gasteiger partial charge in [0.25, 0.3) is 5.91 Å². The van der Waals surface area contributed by atoms with E-state index >= 15 is 0 Å². The highest BCUT2D eigenvalue weighted by atomic mass is 32.1. The van der Waals surface area contributed by atoms with Gasteiger partial charge in [0.2, 0.25) is 0 Å². The Hall–Kier alpha value is -1.85. The van der Waals surface area contributed by atoms with Gasteiger partial charge in [0, 0.05) is 22.5 Å². The van der Waals surface area contributed by atoms with Gasteiger partial charge in [-0.1, -0.05) is 12.1 Å². The lowest BCUT2D eigenvalue weighted by Crippen LogP contribution is -2.51. The normalized spacial score (nSPS) is 20.9. The molecule has 1 aromatic carbocycles. The third-order valence-corrected chi connectivity index (χ3v) is 4.99. The minimum atomic E-state index is -0.0351. The third kappa shape index (κ3) is 4.33. The van der Waals surface area contributed by atoms with E-state index in [0.717, 1.165) is 25.1 Å². The topological polar surface area (TPSA) is 50.4 Å². The molecule has 3 rings (SSSR count). The summed E-state index contributed by atoms with van der Waals surface area (Å²) < 4.78 is 5.77. The number of amides is 1. The number of carbonyl (C=O) groups is 1. The maximum absolute atomic E-state index is 12.5. The highest BCUT2D eigenvalue weighted by Gasteiger charge is 2.22. The molecule has 0 aliphatic carbocycles. The second-order valence-electron chi connectivity index (χ2n) is 5.86. The SMILES string of the molecule is CC1NCCCC1NC(=O)c1cccc(OCc2cccs2)c1. The molecule has 1 saturated heterocycles. The Morgan fingerprint density at radius 2 is 2.30 bits per heavy atom. The van der Waals surface area contributed by atoms with Gasteiger partial charge in [-0.25, -0.2) is 0 Å². The first-order valence-corrected chi connectivity index (χ1v) is 8.90. The van der Waals surface area contributed by atoms with Gasteiger partial charge in [-0.15, -0.1) is 11.3 Å². The molecule has 1 amide bonds. The molecule has 4 nitrogen and oxygen atoms in total. The van der Waals surface area contributed by atoms with Crippen molar-refractivity contribution in [3.63, 3.8) is 0 Å². The second-order valence-corrected chi connectivity index (χ2v) is 6.89. The Bertz CT molecular complexity index is 642. The number of rotatable bonds is 5. The zero-order valence-electron chi connectivity index (χ0n) is 13.2. The molecular formula is C18H22N2O2S. The van der Waals surface area contributed by atoms with Gasteiger partial charge in [-0.2, -0.15) is 0 Å². The Morgan fingerprint density at radius 3 is 3.09 bits per heavy atom. The van der Waals surface area contributed by atoms with E-state index in [-0.39, 0.29) is 11.9 Å². The van der Waals surface area contributed by atoms with Gasteiger partial charge in [0.15, 0.2) is 0 Å². The summed E-state index contributed by atoms with van der Waals surface area (Å²) in [4.78, 5) is 13.6. The number of benzene rings is 1. The monoisotopic (exact) mass is 330 g/mol. The second kappa shape index (κ2) is 7.62. The van der Waals surface area contributed by atoms with Crippen LogP contribution in [-0.2, 0) is 6.61 Å². The molecule has 2 aromatic rings. The first-order chi connectivity index (χ1) is 11.2. The largest absolute Gasteiger partial charge is 0.488 e. The van der Waals surface area contributed by atoms with E-state index in [4.69, 9.17) is 4.74 Å². The molecule has 0 bridgehead atoms. The Labute approximate surface area is 140 Å². The maximum Gasteiger partial charge on any atom is 0.251 e. The van der Waals surface area contributed by atoms with Crippen molar-refractivity contribution in [2.75, 3.05) is 6.54 Å². The predicted octanol–water partition coefficient (Wildman–Crippen LogP) is 3.20. The molecule has 23 heavy (non-hydrogen) atoms. The van der Waals surface area contributed by atoms with Crippen molar-refractivity contribution in [3.8, 4) is 5.75 Å². The van der Waals surface area contributed by atoms with Gasteiger partial charge in [-0.3, -0.25) is 4.79 Å². The van der Waals surface area contributed by atoms with Crippen LogP contribution in [0, 0.1) is 0 Å². The fourth-order valence-corrected chi connectivity index (χ4v) is 3.39. The average molecular weight is 330 g/mol. The van der Waals surface area contributed by atoms with Crippen molar-refractivity contribution < 1.29 is 9.53 Å². The molecule has 1 aromatic heterocycles. The number of carbonyl (C=O) groups excluding carboxylic acids is 1. The van der Waals surface area contributed by atoms with E-state index in [1.165, 1.54) is 4.88 Å². The highest BCUT2D eigenvalue weighted by Crippen LogP contribution is 2.18. The van der Waals surface area contributed by atoms with Gasteiger partial charge < -0.3 is 15.4 Å². The first-order valence-electron chi connectivity index (χ1n) is 8.02. The molecule has 2 heterocycles. The van der Waals surface area contributed by atoms with E-state index in [9.17, 15) is 4.79 Å². The molecule has 0 spiro atoms. The van der Waals surface area contributed by atoms with E-state index < -0.39 is 0 Å². The van der Waals surface area contributed by atoms with Crippen LogP contribution in [0.2, 0.25) is 0 Å². The predicted molar refractivity (Wildman–Crippen MR) is 93.0 cm³/mol. The number of hydrogen-bond acceptors (Lipinski definition) is 4. The summed E-state index contributed by atoms with van der Waals surface area (Å²) in [6.45, 7) is 3.68. The number of hydrogen-bond donors (Lipinski definition) is 2. The molecule has 0 radical (unpaired) electrons. The lowest BCUT2D eigenvalue weighted by atomic mass is 9.99. The van der Waals surface area contributed by atoms with Crippen LogP contribution in [0.5, 0.6) is 5.75 Å². The minimum Gasteiger partial charge on any atom is -0.488 e. The van der Waals surface area contributed by atoms with Crippen molar-refractivity contribution in [1.29, 1.82) is 0 Å². The lowest BCUT2D eigenvalue weighted by Gasteiger charge is -2.30. The highest BCUT2D eigenvalue weighted by molar-refractivity contribution is 7.09. The summed E-state index contributed by atoms with van der Waals surface area (Å²) in [6, 6.07) is 11.9. The maximum atomic E-state index is 12.5. The van der Waals surface area contributed by atoms with Crippen LogP contribution in [0.1, 0.15) is 35.0 Å². The Morgan fingerprint density at radius 1 is 1.39 bits per heavy atom. The van der Waals surface area contributed by atoms with Crippen LogP contribution in [0.4, 0.5) is 0 Å². The molecule has 0 saturated carbocycles. The molecule has 1 aliphatic heterocycles. The van der Waals surface area contributed by atoms with Crippen LogP contribution in [-0.4, -0.2) is 24.5 Å². The number of nitrogens with one attached hydrogen (secondary N) is 2. The molecule has 1 aliphatic rings. The van der Waals surface area contributed by atoms with Crippen LogP contribution in [0.15, 0.2) is 41.8 Å². The van der Waals surface area contributed by atoms with Gasteiger partial charge >= 0.3 is 0 Å². The summed E-state index contributed by atoms with van der Waals surface area (Å²) in [5.41, 5.74) is 0.645. The van der Waals surface area contributed by atoms with Crippen molar-refractivity contribution in [2.45, 2.75) is 38.5 Å². The van der Waals surface area contributed by atoms with E-state index in [1.54, 1.807) is 11.3 Å². The summed E-state index contributed by atoms with van der Waals surface area (Å²) >= 11 is 1.66. The number of ether oxygens (including phenoxy) is 1. The van der Waals surface area contributed by atoms with Crippen LogP contribution >= 0.6 is 11.3 Å². The summed E-state index contributed by atoms with van der Waals surface area (Å²) in [5.74, 6) is 0.688. The fraction of sp³-hybridized carbons (Fsp3) is 0.389. The lowest BCUT2D eigenvalue weighted by molar-refractivity contribution is 0.0919. The Kier molecular flexibility index (Phi) is 5.31. The van der Waals surface area contributed by atoms with Crippen molar-refractivity contribution in [1.82, 2.24) is 10.6 Å². The molecule has 122 valence electrons. The molecule has 2 N–H and O–H groups in total. The quantitative estimate of drug-likeness (QED) is 0.885. The van der Waals surface area contributed by atoms with Gasteiger partial charge in [0.05, 0.1) is 0 Å². The van der Waals surface area contributed by atoms with Gasteiger partial charge in [-0.05, 0) is 56.0 Å². The number of thiophene rings is 1. The van der Waals surface area contributed by atoms with Crippen LogP contribution in [0.25, 0.3) is 0 Å². The molecule has 2 unspecified atom stereocenters.